The minimum atomic E-state index is -0.679. The summed E-state index contributed by atoms with van der Waals surface area (Å²) in [6.07, 6.45) is 2.52. The van der Waals surface area contributed by atoms with Gasteiger partial charge in [0.2, 0.25) is 0 Å². The summed E-state index contributed by atoms with van der Waals surface area (Å²) in [7, 11) is 0. The number of carbonyl (C=O) groups excluding carboxylic acids is 2. The normalized spacial score (nSPS) is 12.3. The number of unbranched alkanes of at least 4 members (excludes halogenated alkanes) is 2. The Morgan fingerprint density at radius 3 is 1.12 bits per heavy atom. The molecule has 0 N–H and O–H groups in total. The van der Waals surface area contributed by atoms with Crippen molar-refractivity contribution in [3.05, 3.63) is 133 Å². The van der Waals surface area contributed by atoms with Crippen LogP contribution in [0.5, 0.6) is 23.0 Å². The van der Waals surface area contributed by atoms with Crippen LogP contribution in [0.4, 0.5) is 0 Å². The molecule has 8 nitrogen and oxygen atoms in total. The van der Waals surface area contributed by atoms with Crippen molar-refractivity contribution in [3.63, 3.8) is 0 Å². The van der Waals surface area contributed by atoms with Crippen molar-refractivity contribution in [1.82, 2.24) is 0 Å². The molecule has 0 amide bonds. The van der Waals surface area contributed by atoms with Crippen LogP contribution in [-0.4, -0.2) is 50.6 Å². The van der Waals surface area contributed by atoms with Gasteiger partial charge in [0, 0.05) is 45.2 Å². The van der Waals surface area contributed by atoms with Crippen LogP contribution in [0, 0.1) is 0 Å². The zero-order valence-corrected chi connectivity index (χ0v) is 33.2. The third-order valence-electron chi connectivity index (χ3n) is 10.1. The first kappa shape index (κ1) is 39.9. The Morgan fingerprint density at radius 1 is 0.414 bits per heavy atom. The molecule has 0 radical (unpaired) electrons. The van der Waals surface area contributed by atoms with Gasteiger partial charge in [0.25, 0.3) is 0 Å². The molecule has 58 heavy (non-hydrogen) atoms. The molecule has 7 aromatic carbocycles. The Kier molecular flexibility index (Phi) is 13.6. The maximum Gasteiger partial charge on any atom is 0.306 e. The highest BCUT2D eigenvalue weighted by Crippen LogP contribution is 2.43. The largest absolute Gasteiger partial charge is 0.489 e. The van der Waals surface area contributed by atoms with Crippen LogP contribution in [0.2, 0.25) is 0 Å². The van der Waals surface area contributed by atoms with E-state index in [0.29, 0.717) is 35.8 Å². The number of carbonyl (C=O) groups is 2. The molecule has 0 heterocycles. The molecule has 0 saturated carbocycles. The zero-order valence-electron chi connectivity index (χ0n) is 33.2. The van der Waals surface area contributed by atoms with Crippen LogP contribution in [0.3, 0.4) is 0 Å². The highest BCUT2D eigenvalue weighted by atomic mass is 16.6. The molecular formula is C50H50O8. The molecule has 2 atom stereocenters. The Balaban J connectivity index is 1.14. The van der Waals surface area contributed by atoms with Gasteiger partial charge in [0.15, 0.2) is 12.2 Å². The van der Waals surface area contributed by atoms with E-state index in [-0.39, 0.29) is 38.4 Å². The van der Waals surface area contributed by atoms with Gasteiger partial charge in [-0.05, 0) is 35.7 Å². The molecule has 2 unspecified atom stereocenters. The fraction of sp³-hybridized carbons (Fsp3) is 0.280. The lowest BCUT2D eigenvalue weighted by Gasteiger charge is -2.23. The number of hydrogen-bond acceptors (Lipinski definition) is 8. The van der Waals surface area contributed by atoms with Gasteiger partial charge in [-0.2, -0.15) is 0 Å². The van der Waals surface area contributed by atoms with E-state index in [1.165, 1.54) is 0 Å². The van der Waals surface area contributed by atoms with Gasteiger partial charge in [-0.25, -0.2) is 0 Å². The lowest BCUT2D eigenvalue weighted by atomic mass is 10.0. The first-order valence-corrected chi connectivity index (χ1v) is 20.3. The zero-order chi connectivity index (χ0) is 40.1. The second-order valence-electron chi connectivity index (χ2n) is 14.4. The van der Waals surface area contributed by atoms with Crippen LogP contribution in [-0.2, 0) is 19.1 Å². The summed E-state index contributed by atoms with van der Waals surface area (Å²) in [6.45, 7) is 4.45. The van der Waals surface area contributed by atoms with Crippen LogP contribution >= 0.6 is 0 Å². The minimum Gasteiger partial charge on any atom is -0.489 e. The maximum atomic E-state index is 13.0. The Bertz CT molecular complexity index is 2240. The van der Waals surface area contributed by atoms with Crippen molar-refractivity contribution in [3.8, 4) is 23.0 Å². The first-order chi connectivity index (χ1) is 28.5. The topological polar surface area (TPSA) is 89.5 Å². The molecule has 7 aromatic rings. The molecular weight excluding hydrogens is 729 g/mol. The quantitative estimate of drug-likeness (QED) is 0.0558. The number of hydrogen-bond donors (Lipinski definition) is 0. The smallest absolute Gasteiger partial charge is 0.306 e. The van der Waals surface area contributed by atoms with E-state index < -0.39 is 12.2 Å². The molecule has 7 rings (SSSR count). The van der Waals surface area contributed by atoms with Gasteiger partial charge in [0.1, 0.15) is 49.4 Å². The molecule has 0 fully saturated rings. The molecule has 0 aliphatic heterocycles. The lowest BCUT2D eigenvalue weighted by molar-refractivity contribution is -0.153. The monoisotopic (exact) mass is 778 g/mol. The molecule has 8 heteroatoms. The summed E-state index contributed by atoms with van der Waals surface area (Å²) in [6, 6.07) is 43.7. The summed E-state index contributed by atoms with van der Waals surface area (Å²) in [5, 5.41) is 7.38. The van der Waals surface area contributed by atoms with Gasteiger partial charge in [-0.1, -0.05) is 148 Å². The molecule has 298 valence electrons. The minimum absolute atomic E-state index is 0.0676. The van der Waals surface area contributed by atoms with Crippen LogP contribution in [0.25, 0.3) is 43.1 Å². The molecule has 0 aromatic heterocycles. The highest BCUT2D eigenvalue weighted by molar-refractivity contribution is 6.11. The first-order valence-electron chi connectivity index (χ1n) is 20.3. The second kappa shape index (κ2) is 19.7. The summed E-state index contributed by atoms with van der Waals surface area (Å²) < 4.78 is 37.9. The standard InChI is InChI=1S/C50H50O8/c1-3-5-29-47(51)57-37(31-53-45-27-15-19-35-17-7-9-21-39(35)45)33-55-49-41-23-11-13-25-43(41)50(44-26-14-12-24-42(44)49)56-34-38(58-48(52)30-6-4-2)32-54-46-28-16-20-36-18-8-10-22-40(36)46/h7-28,37-38H,3-6,29-34H2,1-2H3. The van der Waals surface area contributed by atoms with E-state index in [2.05, 4.69) is 0 Å². The van der Waals surface area contributed by atoms with E-state index in [0.717, 1.165) is 68.8 Å². The molecule has 0 saturated heterocycles. The van der Waals surface area contributed by atoms with Crippen molar-refractivity contribution in [2.75, 3.05) is 26.4 Å². The lowest BCUT2D eigenvalue weighted by Crippen LogP contribution is -2.31. The predicted molar refractivity (Wildman–Crippen MR) is 230 cm³/mol. The number of rotatable bonds is 20. The van der Waals surface area contributed by atoms with Crippen molar-refractivity contribution < 1.29 is 38.0 Å². The SMILES string of the molecule is CCCCC(=O)OC(COc1cccc2ccccc12)COc1c2ccccc2c(OCC(COc2cccc3ccccc23)OC(=O)CCCC)c2ccccc12. The van der Waals surface area contributed by atoms with E-state index in [4.69, 9.17) is 28.4 Å². The van der Waals surface area contributed by atoms with Crippen LogP contribution in [0.15, 0.2) is 133 Å². The van der Waals surface area contributed by atoms with E-state index in [9.17, 15) is 9.59 Å². The van der Waals surface area contributed by atoms with E-state index >= 15 is 0 Å². The van der Waals surface area contributed by atoms with Gasteiger partial charge in [-0.3, -0.25) is 9.59 Å². The van der Waals surface area contributed by atoms with Crippen LogP contribution < -0.4 is 18.9 Å². The predicted octanol–water partition coefficient (Wildman–Crippen LogP) is 11.4. The second-order valence-corrected chi connectivity index (χ2v) is 14.4. The van der Waals surface area contributed by atoms with Crippen molar-refractivity contribution in [2.45, 2.75) is 64.6 Å². The van der Waals surface area contributed by atoms with E-state index in [1.54, 1.807) is 0 Å². The summed E-state index contributed by atoms with van der Waals surface area (Å²) in [5.41, 5.74) is 0. The molecule has 0 spiro atoms. The van der Waals surface area contributed by atoms with E-state index in [1.807, 2.05) is 147 Å². The Morgan fingerprint density at radius 2 is 0.741 bits per heavy atom. The van der Waals surface area contributed by atoms with Crippen molar-refractivity contribution in [2.24, 2.45) is 0 Å². The Labute approximate surface area is 339 Å². The third kappa shape index (κ3) is 9.80. The van der Waals surface area contributed by atoms with Gasteiger partial charge in [-0.15, -0.1) is 0 Å². The molecule has 0 aliphatic carbocycles. The average molecular weight is 779 g/mol. The van der Waals surface area contributed by atoms with Crippen molar-refractivity contribution in [1.29, 1.82) is 0 Å². The molecule has 0 bridgehead atoms. The third-order valence-corrected chi connectivity index (χ3v) is 10.1. The summed E-state index contributed by atoms with van der Waals surface area (Å²) in [5.74, 6) is 2.12. The number of benzene rings is 7. The summed E-state index contributed by atoms with van der Waals surface area (Å²) in [4.78, 5) is 25.9. The number of esters is 2. The highest BCUT2D eigenvalue weighted by Gasteiger charge is 2.23. The van der Waals surface area contributed by atoms with Gasteiger partial charge < -0.3 is 28.4 Å². The Hall–Kier alpha value is -6.28. The average Bonchev–Trinajstić information content (AvgIpc) is 3.26. The number of ether oxygens (including phenoxy) is 6. The fourth-order valence-electron chi connectivity index (χ4n) is 7.08. The van der Waals surface area contributed by atoms with Crippen molar-refractivity contribution >= 4 is 55.0 Å². The molecule has 0 aliphatic rings. The van der Waals surface area contributed by atoms with Gasteiger partial charge >= 0.3 is 11.9 Å². The van der Waals surface area contributed by atoms with Crippen LogP contribution in [0.1, 0.15) is 52.4 Å². The summed E-state index contributed by atoms with van der Waals surface area (Å²) >= 11 is 0. The number of fused-ring (bicyclic) bond motifs is 4. The van der Waals surface area contributed by atoms with Gasteiger partial charge in [0.05, 0.1) is 0 Å². The maximum absolute atomic E-state index is 13.0. The fourth-order valence-corrected chi connectivity index (χ4v) is 7.08.